The van der Waals surface area contributed by atoms with Crippen molar-refractivity contribution in [2.45, 2.75) is 12.3 Å². The van der Waals surface area contributed by atoms with Crippen LogP contribution in [0.5, 0.6) is 0 Å². The minimum Gasteiger partial charge on any atom is -0.369 e. The Balaban J connectivity index is 1.85. The maximum absolute atomic E-state index is 12.6. The molecule has 0 aromatic heterocycles. The molecule has 0 aliphatic carbocycles. The van der Waals surface area contributed by atoms with E-state index in [1.165, 1.54) is 0 Å². The second kappa shape index (κ2) is 6.22. The summed E-state index contributed by atoms with van der Waals surface area (Å²) in [5.41, 5.74) is 7.75. The van der Waals surface area contributed by atoms with Crippen molar-refractivity contribution in [1.82, 2.24) is 0 Å². The lowest BCUT2D eigenvalue weighted by Gasteiger charge is -2.17. The molecule has 3 rings (SSSR count). The SMILES string of the molecule is NC(=O)C1CN(C(=O)Cc2ccc(Cl)c(Cl)c2)c2ccccc21. The number of hydrogen-bond acceptors (Lipinski definition) is 2. The number of fused-ring (bicyclic) bond motifs is 1. The van der Waals surface area contributed by atoms with Gasteiger partial charge in [-0.05, 0) is 29.3 Å². The molecule has 4 nitrogen and oxygen atoms in total. The fourth-order valence-corrected chi connectivity index (χ4v) is 3.13. The molecule has 2 amide bonds. The molecule has 0 saturated heterocycles. The van der Waals surface area contributed by atoms with Crippen molar-refractivity contribution in [3.63, 3.8) is 0 Å². The zero-order valence-corrected chi connectivity index (χ0v) is 13.6. The number of hydrogen-bond donors (Lipinski definition) is 1. The van der Waals surface area contributed by atoms with Crippen LogP contribution in [0, 0.1) is 0 Å². The Kier molecular flexibility index (Phi) is 4.28. The summed E-state index contributed by atoms with van der Waals surface area (Å²) in [6.45, 7) is 0.273. The maximum atomic E-state index is 12.6. The van der Waals surface area contributed by atoms with Crippen molar-refractivity contribution in [3.8, 4) is 0 Å². The summed E-state index contributed by atoms with van der Waals surface area (Å²) >= 11 is 11.9. The van der Waals surface area contributed by atoms with Crippen molar-refractivity contribution >= 4 is 40.7 Å². The number of amides is 2. The van der Waals surface area contributed by atoms with Crippen LogP contribution in [0.2, 0.25) is 10.0 Å². The molecule has 6 heteroatoms. The molecule has 0 radical (unpaired) electrons. The second-order valence-electron chi connectivity index (χ2n) is 5.44. The van der Waals surface area contributed by atoms with E-state index in [1.54, 1.807) is 23.1 Å². The Bertz CT molecular complexity index is 792. The van der Waals surface area contributed by atoms with Gasteiger partial charge in [0, 0.05) is 12.2 Å². The third-order valence-electron chi connectivity index (χ3n) is 3.95. The minimum atomic E-state index is -0.469. The smallest absolute Gasteiger partial charge is 0.231 e. The van der Waals surface area contributed by atoms with Crippen LogP contribution >= 0.6 is 23.2 Å². The summed E-state index contributed by atoms with van der Waals surface area (Å²) in [6, 6.07) is 12.4. The first-order valence-electron chi connectivity index (χ1n) is 7.10. The second-order valence-corrected chi connectivity index (χ2v) is 6.26. The molecule has 23 heavy (non-hydrogen) atoms. The molecule has 2 N–H and O–H groups in total. The number of carbonyl (C=O) groups excluding carboxylic acids is 2. The first-order chi connectivity index (χ1) is 11.0. The lowest BCUT2D eigenvalue weighted by molar-refractivity contribution is -0.119. The zero-order chi connectivity index (χ0) is 16.6. The number of benzene rings is 2. The minimum absolute atomic E-state index is 0.111. The van der Waals surface area contributed by atoms with E-state index in [1.807, 2.05) is 24.3 Å². The lowest BCUT2D eigenvalue weighted by atomic mass is 10.0. The third-order valence-corrected chi connectivity index (χ3v) is 4.69. The van der Waals surface area contributed by atoms with E-state index >= 15 is 0 Å². The topological polar surface area (TPSA) is 63.4 Å². The average Bonchev–Trinajstić information content (AvgIpc) is 2.91. The van der Waals surface area contributed by atoms with Gasteiger partial charge in [0.25, 0.3) is 0 Å². The van der Waals surface area contributed by atoms with Crippen LogP contribution in [-0.2, 0) is 16.0 Å². The molecule has 0 saturated carbocycles. The van der Waals surface area contributed by atoms with Crippen LogP contribution in [0.15, 0.2) is 42.5 Å². The molecular weight excluding hydrogens is 335 g/mol. The van der Waals surface area contributed by atoms with E-state index in [2.05, 4.69) is 0 Å². The predicted molar refractivity (Wildman–Crippen MR) is 90.9 cm³/mol. The van der Waals surface area contributed by atoms with Gasteiger partial charge >= 0.3 is 0 Å². The van der Waals surface area contributed by atoms with Crippen molar-refractivity contribution in [2.75, 3.05) is 11.4 Å². The highest BCUT2D eigenvalue weighted by Crippen LogP contribution is 2.36. The quantitative estimate of drug-likeness (QED) is 0.925. The third kappa shape index (κ3) is 3.05. The zero-order valence-electron chi connectivity index (χ0n) is 12.1. The number of nitrogens with two attached hydrogens (primary N) is 1. The first kappa shape index (κ1) is 15.8. The predicted octanol–water partition coefficient (Wildman–Crippen LogP) is 3.15. The van der Waals surface area contributed by atoms with Crippen molar-refractivity contribution in [1.29, 1.82) is 0 Å². The van der Waals surface area contributed by atoms with Gasteiger partial charge in [-0.2, -0.15) is 0 Å². The van der Waals surface area contributed by atoms with Gasteiger partial charge in [0.05, 0.1) is 22.4 Å². The van der Waals surface area contributed by atoms with E-state index in [-0.39, 0.29) is 18.9 Å². The van der Waals surface area contributed by atoms with Crippen LogP contribution in [0.25, 0.3) is 0 Å². The van der Waals surface area contributed by atoms with E-state index in [0.29, 0.717) is 10.0 Å². The molecule has 0 fully saturated rings. The normalized spacial score (nSPS) is 16.3. The molecule has 2 aromatic rings. The van der Waals surface area contributed by atoms with E-state index < -0.39 is 11.8 Å². The first-order valence-corrected chi connectivity index (χ1v) is 7.85. The summed E-state index contributed by atoms with van der Waals surface area (Å²) in [7, 11) is 0. The number of carbonyl (C=O) groups is 2. The highest BCUT2D eigenvalue weighted by atomic mass is 35.5. The van der Waals surface area contributed by atoms with Gasteiger partial charge in [-0.15, -0.1) is 0 Å². The Hall–Kier alpha value is -2.04. The van der Waals surface area contributed by atoms with Crippen LogP contribution in [0.3, 0.4) is 0 Å². The van der Waals surface area contributed by atoms with Gasteiger partial charge in [0.1, 0.15) is 0 Å². The number of rotatable bonds is 3. The summed E-state index contributed by atoms with van der Waals surface area (Å²) in [4.78, 5) is 25.9. The summed E-state index contributed by atoms with van der Waals surface area (Å²) in [6.07, 6.45) is 0.177. The van der Waals surface area contributed by atoms with E-state index in [4.69, 9.17) is 28.9 Å². The lowest BCUT2D eigenvalue weighted by Crippen LogP contribution is -2.33. The highest BCUT2D eigenvalue weighted by Gasteiger charge is 2.35. The highest BCUT2D eigenvalue weighted by molar-refractivity contribution is 6.42. The Labute approximate surface area is 143 Å². The number of anilines is 1. The standard InChI is InChI=1S/C17H14Cl2N2O2/c18-13-6-5-10(7-14(13)19)8-16(22)21-9-12(17(20)23)11-3-1-2-4-15(11)21/h1-7,12H,8-9H2,(H2,20,23). The number of halogens is 2. The molecule has 1 aliphatic heterocycles. The molecule has 118 valence electrons. The fourth-order valence-electron chi connectivity index (χ4n) is 2.81. The van der Waals surface area contributed by atoms with Crippen LogP contribution in [0.4, 0.5) is 5.69 Å². The van der Waals surface area contributed by atoms with Gasteiger partial charge < -0.3 is 10.6 Å². The van der Waals surface area contributed by atoms with Gasteiger partial charge in [-0.3, -0.25) is 9.59 Å². The van der Waals surface area contributed by atoms with Gasteiger partial charge in [0.15, 0.2) is 0 Å². The molecule has 2 aromatic carbocycles. The average molecular weight is 349 g/mol. The van der Waals surface area contributed by atoms with E-state index in [0.717, 1.165) is 16.8 Å². The molecule has 1 atom stereocenters. The van der Waals surface area contributed by atoms with E-state index in [9.17, 15) is 9.59 Å². The Morgan fingerprint density at radius 3 is 2.57 bits per heavy atom. The largest absolute Gasteiger partial charge is 0.369 e. The van der Waals surface area contributed by atoms with Crippen LogP contribution < -0.4 is 10.6 Å². The Morgan fingerprint density at radius 2 is 1.87 bits per heavy atom. The van der Waals surface area contributed by atoms with Gasteiger partial charge in [-0.1, -0.05) is 47.5 Å². The van der Waals surface area contributed by atoms with Crippen molar-refractivity contribution in [3.05, 3.63) is 63.6 Å². The number of nitrogens with zero attached hydrogens (tertiary/aromatic N) is 1. The van der Waals surface area contributed by atoms with Crippen LogP contribution in [-0.4, -0.2) is 18.4 Å². The summed E-state index contributed by atoms with van der Waals surface area (Å²) in [5, 5.41) is 0.858. The molecule has 1 heterocycles. The number of para-hydroxylation sites is 1. The molecule has 0 spiro atoms. The van der Waals surface area contributed by atoms with Gasteiger partial charge in [-0.25, -0.2) is 0 Å². The molecule has 0 bridgehead atoms. The molecule has 1 unspecified atom stereocenters. The Morgan fingerprint density at radius 1 is 1.13 bits per heavy atom. The van der Waals surface area contributed by atoms with Crippen molar-refractivity contribution in [2.24, 2.45) is 5.73 Å². The van der Waals surface area contributed by atoms with Crippen LogP contribution in [0.1, 0.15) is 17.0 Å². The van der Waals surface area contributed by atoms with Crippen molar-refractivity contribution < 1.29 is 9.59 Å². The van der Waals surface area contributed by atoms with Gasteiger partial charge in [0.2, 0.25) is 11.8 Å². The maximum Gasteiger partial charge on any atom is 0.231 e. The summed E-state index contributed by atoms with van der Waals surface area (Å²) in [5.74, 6) is -1.01. The number of primary amides is 1. The molecular formula is C17H14Cl2N2O2. The monoisotopic (exact) mass is 348 g/mol. The summed E-state index contributed by atoms with van der Waals surface area (Å²) < 4.78 is 0. The fraction of sp³-hybridized carbons (Fsp3) is 0.176. The molecule has 1 aliphatic rings.